The van der Waals surface area contributed by atoms with Gasteiger partial charge in [0.2, 0.25) is 5.91 Å². The average molecular weight is 270 g/mol. The largest absolute Gasteiger partial charge is 0.322 e. The molecule has 102 valence electrons. The third-order valence-corrected chi connectivity index (χ3v) is 3.60. The summed E-state index contributed by atoms with van der Waals surface area (Å²) in [5.74, 6) is -0.229. The number of fused-ring (bicyclic) bond motifs is 1. The van der Waals surface area contributed by atoms with Crippen molar-refractivity contribution in [2.24, 2.45) is 5.73 Å². The zero-order chi connectivity index (χ0) is 14.1. The molecule has 1 unspecified atom stereocenters. The van der Waals surface area contributed by atoms with E-state index in [1.54, 1.807) is 17.0 Å². The molecule has 4 heteroatoms. The van der Waals surface area contributed by atoms with Gasteiger partial charge in [-0.25, -0.2) is 4.39 Å². The van der Waals surface area contributed by atoms with Crippen LogP contribution in [0.15, 0.2) is 48.5 Å². The first kappa shape index (κ1) is 12.8. The van der Waals surface area contributed by atoms with Crippen LogP contribution in [0.2, 0.25) is 0 Å². The Morgan fingerprint density at radius 1 is 1.15 bits per heavy atom. The fourth-order valence-corrected chi connectivity index (χ4v) is 2.53. The van der Waals surface area contributed by atoms with Gasteiger partial charge in [0.1, 0.15) is 5.82 Å². The highest BCUT2D eigenvalue weighted by Gasteiger charge is 2.28. The van der Waals surface area contributed by atoms with E-state index >= 15 is 0 Å². The van der Waals surface area contributed by atoms with Crippen LogP contribution >= 0.6 is 0 Å². The van der Waals surface area contributed by atoms with E-state index in [4.69, 9.17) is 5.73 Å². The van der Waals surface area contributed by atoms with E-state index in [0.717, 1.165) is 16.8 Å². The molecule has 1 aliphatic heterocycles. The Balaban J connectivity index is 1.81. The minimum atomic E-state index is -0.328. The van der Waals surface area contributed by atoms with Gasteiger partial charge in [0, 0.05) is 18.3 Å². The topological polar surface area (TPSA) is 46.3 Å². The van der Waals surface area contributed by atoms with Crippen LogP contribution in [-0.2, 0) is 11.2 Å². The van der Waals surface area contributed by atoms with Crippen LogP contribution in [0, 0.1) is 5.82 Å². The predicted octanol–water partition coefficient (Wildman–Crippen LogP) is 2.41. The van der Waals surface area contributed by atoms with E-state index in [2.05, 4.69) is 0 Å². The van der Waals surface area contributed by atoms with Crippen LogP contribution in [0.3, 0.4) is 0 Å². The summed E-state index contributed by atoms with van der Waals surface area (Å²) < 4.78 is 12.9. The Hall–Kier alpha value is -2.20. The van der Waals surface area contributed by atoms with E-state index in [1.165, 1.54) is 12.1 Å². The van der Waals surface area contributed by atoms with Gasteiger partial charge in [0.05, 0.1) is 6.42 Å². The Labute approximate surface area is 116 Å². The lowest BCUT2D eigenvalue weighted by Crippen LogP contribution is -2.34. The number of carbonyl (C=O) groups excluding carboxylic acids is 1. The smallest absolute Gasteiger partial charge is 0.231 e. The third kappa shape index (κ3) is 2.30. The maximum absolute atomic E-state index is 12.9. The lowest BCUT2D eigenvalue weighted by Gasteiger charge is -2.22. The van der Waals surface area contributed by atoms with Crippen LogP contribution in [0.1, 0.15) is 17.2 Å². The fourth-order valence-electron chi connectivity index (χ4n) is 2.53. The molecule has 0 saturated heterocycles. The van der Waals surface area contributed by atoms with Crippen LogP contribution < -0.4 is 10.6 Å². The fraction of sp³-hybridized carbons (Fsp3) is 0.188. The third-order valence-electron chi connectivity index (χ3n) is 3.60. The summed E-state index contributed by atoms with van der Waals surface area (Å²) in [7, 11) is 0. The number of halogens is 1. The van der Waals surface area contributed by atoms with Gasteiger partial charge in [-0.05, 0) is 29.3 Å². The molecule has 0 saturated carbocycles. The zero-order valence-electron chi connectivity index (χ0n) is 10.9. The Kier molecular flexibility index (Phi) is 3.24. The molecular weight excluding hydrogens is 255 g/mol. The standard InChI is InChI=1S/C16H15FN2O/c17-13-7-5-11(6-8-13)14(18)10-19-15-4-2-1-3-12(15)9-16(19)20/h1-8,14H,9-10,18H2. The number of nitrogens with zero attached hydrogens (tertiary/aromatic N) is 1. The first-order valence-corrected chi connectivity index (χ1v) is 6.54. The molecule has 0 fully saturated rings. The number of para-hydroxylation sites is 1. The molecule has 0 radical (unpaired) electrons. The maximum atomic E-state index is 12.9. The molecule has 0 aromatic heterocycles. The van der Waals surface area contributed by atoms with Crippen LogP contribution in [-0.4, -0.2) is 12.5 Å². The zero-order valence-corrected chi connectivity index (χ0v) is 10.9. The number of nitrogens with two attached hydrogens (primary N) is 1. The van der Waals surface area contributed by atoms with Gasteiger partial charge in [0.15, 0.2) is 0 Å². The second kappa shape index (κ2) is 5.06. The number of hydrogen-bond donors (Lipinski definition) is 1. The minimum absolute atomic E-state index is 0.0590. The van der Waals surface area contributed by atoms with Crippen LogP contribution in [0.25, 0.3) is 0 Å². The van der Waals surface area contributed by atoms with Crippen molar-refractivity contribution in [3.63, 3.8) is 0 Å². The second-order valence-corrected chi connectivity index (χ2v) is 4.97. The highest BCUT2D eigenvalue weighted by Crippen LogP contribution is 2.29. The van der Waals surface area contributed by atoms with Gasteiger partial charge in [-0.3, -0.25) is 4.79 Å². The van der Waals surface area contributed by atoms with Crippen molar-refractivity contribution in [1.29, 1.82) is 0 Å². The summed E-state index contributed by atoms with van der Waals surface area (Å²) in [4.78, 5) is 13.8. The van der Waals surface area contributed by atoms with Crippen molar-refractivity contribution in [2.45, 2.75) is 12.5 Å². The van der Waals surface area contributed by atoms with Crippen molar-refractivity contribution in [3.05, 3.63) is 65.5 Å². The van der Waals surface area contributed by atoms with Gasteiger partial charge >= 0.3 is 0 Å². The molecule has 2 N–H and O–H groups in total. The maximum Gasteiger partial charge on any atom is 0.231 e. The molecule has 3 nitrogen and oxygen atoms in total. The van der Waals surface area contributed by atoms with Crippen LogP contribution in [0.4, 0.5) is 10.1 Å². The van der Waals surface area contributed by atoms with Gasteiger partial charge in [-0.2, -0.15) is 0 Å². The van der Waals surface area contributed by atoms with Gasteiger partial charge in [-0.15, -0.1) is 0 Å². The summed E-state index contributed by atoms with van der Waals surface area (Å²) in [6.07, 6.45) is 0.423. The first-order chi connectivity index (χ1) is 9.65. The van der Waals surface area contributed by atoms with Crippen molar-refractivity contribution < 1.29 is 9.18 Å². The minimum Gasteiger partial charge on any atom is -0.322 e. The van der Waals surface area contributed by atoms with Gasteiger partial charge in [0.25, 0.3) is 0 Å². The highest BCUT2D eigenvalue weighted by atomic mass is 19.1. The molecule has 2 aromatic carbocycles. The molecule has 1 amide bonds. The highest BCUT2D eigenvalue weighted by molar-refractivity contribution is 6.01. The molecular formula is C16H15FN2O. The summed E-state index contributed by atoms with van der Waals surface area (Å²) in [5.41, 5.74) is 8.91. The monoisotopic (exact) mass is 270 g/mol. The Morgan fingerprint density at radius 3 is 2.60 bits per heavy atom. The molecule has 1 atom stereocenters. The molecule has 20 heavy (non-hydrogen) atoms. The molecule has 2 aromatic rings. The number of carbonyl (C=O) groups is 1. The van der Waals surface area contributed by atoms with Crippen molar-refractivity contribution in [1.82, 2.24) is 0 Å². The SMILES string of the molecule is NC(CN1C(=O)Cc2ccccc21)c1ccc(F)cc1. The summed E-state index contributed by atoms with van der Waals surface area (Å²) in [5, 5.41) is 0. The lowest BCUT2D eigenvalue weighted by molar-refractivity contribution is -0.117. The summed E-state index contributed by atoms with van der Waals surface area (Å²) in [6.45, 7) is 0.404. The van der Waals surface area contributed by atoms with Crippen molar-refractivity contribution in [2.75, 3.05) is 11.4 Å². The van der Waals surface area contributed by atoms with E-state index in [-0.39, 0.29) is 17.8 Å². The molecule has 0 spiro atoms. The predicted molar refractivity (Wildman–Crippen MR) is 75.8 cm³/mol. The molecule has 1 aliphatic rings. The van der Waals surface area contributed by atoms with Crippen molar-refractivity contribution in [3.8, 4) is 0 Å². The summed E-state index contributed by atoms with van der Waals surface area (Å²) in [6, 6.07) is 13.5. The molecule has 1 heterocycles. The van der Waals surface area contributed by atoms with E-state index in [9.17, 15) is 9.18 Å². The number of anilines is 1. The summed E-state index contributed by atoms with van der Waals surface area (Å²) >= 11 is 0. The number of amides is 1. The van der Waals surface area contributed by atoms with Crippen LogP contribution in [0.5, 0.6) is 0 Å². The average Bonchev–Trinajstić information content (AvgIpc) is 2.76. The molecule has 0 aliphatic carbocycles. The van der Waals surface area contributed by atoms with E-state index in [0.29, 0.717) is 13.0 Å². The second-order valence-electron chi connectivity index (χ2n) is 4.97. The number of rotatable bonds is 3. The lowest BCUT2D eigenvalue weighted by atomic mass is 10.1. The quantitative estimate of drug-likeness (QED) is 0.931. The van der Waals surface area contributed by atoms with E-state index in [1.807, 2.05) is 24.3 Å². The van der Waals surface area contributed by atoms with E-state index < -0.39 is 0 Å². The van der Waals surface area contributed by atoms with Gasteiger partial charge in [-0.1, -0.05) is 30.3 Å². The molecule has 3 rings (SSSR count). The molecule has 0 bridgehead atoms. The number of benzene rings is 2. The van der Waals surface area contributed by atoms with Crippen molar-refractivity contribution >= 4 is 11.6 Å². The first-order valence-electron chi connectivity index (χ1n) is 6.54. The number of hydrogen-bond acceptors (Lipinski definition) is 2. The Bertz CT molecular complexity index is 639. The normalized spacial score (nSPS) is 15.3. The Morgan fingerprint density at radius 2 is 1.85 bits per heavy atom. The van der Waals surface area contributed by atoms with Gasteiger partial charge < -0.3 is 10.6 Å².